The largest absolute Gasteiger partial charge is 0.618 e. The molecule has 2 fully saturated rings. The molecule has 4 aromatic rings. The van der Waals surface area contributed by atoms with Crippen molar-refractivity contribution in [1.29, 1.82) is 0 Å². The van der Waals surface area contributed by atoms with Crippen molar-refractivity contribution >= 4 is 23.5 Å². The number of aromatic carboxylic acids is 1. The number of rotatable bonds is 9. The fourth-order valence-electron chi connectivity index (χ4n) is 6.21. The summed E-state index contributed by atoms with van der Waals surface area (Å²) in [6.07, 6.45) is 5.58. The highest BCUT2D eigenvalue weighted by Gasteiger charge is 2.47. The zero-order valence-corrected chi connectivity index (χ0v) is 24.8. The van der Waals surface area contributed by atoms with Crippen LogP contribution in [0.1, 0.15) is 66.2 Å². The Hall–Kier alpha value is -4.38. The second kappa shape index (κ2) is 12.5. The highest BCUT2D eigenvalue weighted by atomic mass is 35.5. The first-order chi connectivity index (χ1) is 21.6. The Kier molecular flexibility index (Phi) is 8.54. The van der Waals surface area contributed by atoms with Crippen LogP contribution in [0.2, 0.25) is 5.02 Å². The number of carbonyl (C=O) groups is 2. The number of alkyl halides is 2. The molecule has 1 unspecified atom stereocenters. The maximum atomic E-state index is 15.0. The lowest BCUT2D eigenvalue weighted by molar-refractivity contribution is -0.615. The molecule has 1 saturated heterocycles. The first-order valence-corrected chi connectivity index (χ1v) is 15.2. The van der Waals surface area contributed by atoms with Crippen LogP contribution in [0.25, 0.3) is 22.3 Å². The lowest BCUT2D eigenvalue weighted by atomic mass is 9.98. The first kappa shape index (κ1) is 30.6. The summed E-state index contributed by atoms with van der Waals surface area (Å²) in [5.74, 6) is -2.11. The van der Waals surface area contributed by atoms with E-state index in [0.717, 1.165) is 56.2 Å². The topological polar surface area (TPSA) is 102 Å². The molecule has 12 heteroatoms. The van der Waals surface area contributed by atoms with Crippen molar-refractivity contribution < 1.29 is 32.6 Å². The number of nitrogens with zero attached hydrogens (tertiary/aromatic N) is 4. The van der Waals surface area contributed by atoms with E-state index in [0.29, 0.717) is 23.1 Å². The van der Waals surface area contributed by atoms with Crippen LogP contribution in [0.5, 0.6) is 0 Å². The van der Waals surface area contributed by atoms with Crippen molar-refractivity contribution in [3.63, 3.8) is 0 Å². The molecule has 1 N–H and O–H groups in total. The third-order valence-corrected chi connectivity index (χ3v) is 9.05. The van der Waals surface area contributed by atoms with Crippen molar-refractivity contribution in [1.82, 2.24) is 14.7 Å². The van der Waals surface area contributed by atoms with Crippen LogP contribution in [0.3, 0.4) is 0 Å². The molecule has 3 atom stereocenters. The van der Waals surface area contributed by atoms with Gasteiger partial charge in [0.2, 0.25) is 11.6 Å². The number of hydrogen-bond donors (Lipinski definition) is 1. The Morgan fingerprint density at radius 1 is 1.02 bits per heavy atom. The molecule has 234 valence electrons. The van der Waals surface area contributed by atoms with E-state index < -0.39 is 35.4 Å². The van der Waals surface area contributed by atoms with E-state index in [1.165, 1.54) is 24.3 Å². The summed E-state index contributed by atoms with van der Waals surface area (Å²) in [7, 11) is 0. The summed E-state index contributed by atoms with van der Waals surface area (Å²) < 4.78 is 44.7. The molecule has 8 nitrogen and oxygen atoms in total. The van der Waals surface area contributed by atoms with Crippen molar-refractivity contribution in [3.8, 4) is 22.3 Å². The molecule has 1 aliphatic carbocycles. The molecule has 2 aromatic heterocycles. The third kappa shape index (κ3) is 6.26. The van der Waals surface area contributed by atoms with Crippen LogP contribution in [0, 0.1) is 22.9 Å². The lowest BCUT2D eigenvalue weighted by Gasteiger charge is -2.27. The molecule has 1 amide bonds. The summed E-state index contributed by atoms with van der Waals surface area (Å²) in [4.78, 5) is 26.4. The molecule has 2 aliphatic rings. The van der Waals surface area contributed by atoms with Gasteiger partial charge in [0, 0.05) is 48.0 Å². The highest BCUT2D eigenvalue weighted by molar-refractivity contribution is 6.31. The SMILES string of the molecule is O=C(O)c1ccc(-c2cnn([C@H](CC3C[C@@H]3C(=O)N3CCCCC3)c3ccc(-c4c(C(F)F)ccc(Cl)c4F)c[n+]3[O-])c2)cc1. The van der Waals surface area contributed by atoms with E-state index >= 15 is 0 Å². The standard InChI is InChI=1S/C33H30ClF3N4O4/c34-26-10-9-24(31(36)37)29(30(26)35)21-8-11-27(41(45)18-21)28(15-22-14-25(22)32(42)39-12-2-1-3-13-39)40-17-23(16-38-40)19-4-6-20(7-5-19)33(43)44/h4-11,16-18,22,25,28,31H,1-3,12-15H2,(H,43,44)/t22?,25-,28+/m0/s1. The van der Waals surface area contributed by atoms with E-state index in [2.05, 4.69) is 5.10 Å². The molecule has 0 radical (unpaired) electrons. The maximum absolute atomic E-state index is 15.0. The monoisotopic (exact) mass is 638 g/mol. The number of carbonyl (C=O) groups excluding carboxylic acids is 1. The van der Waals surface area contributed by atoms with Crippen molar-refractivity contribution in [2.75, 3.05) is 13.1 Å². The number of likely N-dealkylation sites (tertiary alicyclic amines) is 1. The fourth-order valence-corrected chi connectivity index (χ4v) is 6.37. The number of aromatic nitrogens is 3. The predicted octanol–water partition coefficient (Wildman–Crippen LogP) is 6.91. The molecule has 1 saturated carbocycles. The van der Waals surface area contributed by atoms with Crippen LogP contribution in [0.4, 0.5) is 13.2 Å². The number of amides is 1. The van der Waals surface area contributed by atoms with Gasteiger partial charge >= 0.3 is 5.97 Å². The number of piperidine rings is 1. The zero-order chi connectivity index (χ0) is 31.8. The van der Waals surface area contributed by atoms with E-state index in [4.69, 9.17) is 11.6 Å². The number of halogens is 4. The van der Waals surface area contributed by atoms with Gasteiger partial charge in [-0.05, 0) is 67.9 Å². The van der Waals surface area contributed by atoms with Crippen LogP contribution < -0.4 is 4.73 Å². The van der Waals surface area contributed by atoms with Crippen molar-refractivity contribution in [3.05, 3.63) is 100.0 Å². The van der Waals surface area contributed by atoms with E-state index in [1.54, 1.807) is 29.2 Å². The number of carboxylic acids is 1. The molecule has 1 aliphatic heterocycles. The summed E-state index contributed by atoms with van der Waals surface area (Å²) in [5, 5.41) is 27.0. The summed E-state index contributed by atoms with van der Waals surface area (Å²) >= 11 is 5.90. The van der Waals surface area contributed by atoms with Gasteiger partial charge in [0.05, 0.1) is 22.3 Å². The second-order valence-electron chi connectivity index (χ2n) is 11.6. The Morgan fingerprint density at radius 2 is 1.73 bits per heavy atom. The number of carboxylic acid groups (broad SMARTS) is 1. The minimum atomic E-state index is -2.99. The van der Waals surface area contributed by atoms with E-state index in [9.17, 15) is 33.1 Å². The van der Waals surface area contributed by atoms with Crippen LogP contribution in [-0.2, 0) is 4.79 Å². The minimum absolute atomic E-state index is 0.00223. The fraction of sp³-hybridized carbons (Fsp3) is 0.333. The minimum Gasteiger partial charge on any atom is -0.618 e. The molecule has 0 bridgehead atoms. The first-order valence-electron chi connectivity index (χ1n) is 14.8. The van der Waals surface area contributed by atoms with Crippen molar-refractivity contribution in [2.45, 2.75) is 44.6 Å². The average molecular weight is 639 g/mol. The van der Waals surface area contributed by atoms with Gasteiger partial charge in [-0.15, -0.1) is 0 Å². The Balaban J connectivity index is 1.33. The molecular formula is C33H30ClF3N4O4. The number of benzene rings is 2. The lowest BCUT2D eigenvalue weighted by Crippen LogP contribution is -2.37. The van der Waals surface area contributed by atoms with Crippen LogP contribution in [0.15, 0.2) is 67.1 Å². The zero-order valence-electron chi connectivity index (χ0n) is 24.1. The molecular weight excluding hydrogens is 609 g/mol. The Labute approximate surface area is 262 Å². The molecule has 45 heavy (non-hydrogen) atoms. The maximum Gasteiger partial charge on any atom is 0.335 e. The Bertz CT molecular complexity index is 1740. The van der Waals surface area contributed by atoms with Gasteiger partial charge in [-0.2, -0.15) is 9.83 Å². The molecule has 0 spiro atoms. The van der Waals surface area contributed by atoms with Gasteiger partial charge in [0.1, 0.15) is 11.9 Å². The number of hydrogen-bond acceptors (Lipinski definition) is 4. The van der Waals surface area contributed by atoms with Gasteiger partial charge in [0.25, 0.3) is 6.43 Å². The normalized spacial score (nSPS) is 18.6. The van der Waals surface area contributed by atoms with Gasteiger partial charge in [0.15, 0.2) is 6.20 Å². The highest BCUT2D eigenvalue weighted by Crippen LogP contribution is 2.47. The molecule has 2 aromatic carbocycles. The van der Waals surface area contributed by atoms with Crippen molar-refractivity contribution in [2.24, 2.45) is 11.8 Å². The summed E-state index contributed by atoms with van der Waals surface area (Å²) in [6, 6.07) is 10.6. The van der Waals surface area contributed by atoms with Gasteiger partial charge in [-0.1, -0.05) is 29.8 Å². The van der Waals surface area contributed by atoms with Gasteiger partial charge in [-0.25, -0.2) is 18.0 Å². The average Bonchev–Trinajstić information content (AvgIpc) is 3.64. The van der Waals surface area contributed by atoms with E-state index in [-0.39, 0.29) is 39.6 Å². The van der Waals surface area contributed by atoms with E-state index in [1.807, 2.05) is 4.90 Å². The quantitative estimate of drug-likeness (QED) is 0.159. The summed E-state index contributed by atoms with van der Waals surface area (Å²) in [6.45, 7) is 1.49. The molecule has 6 rings (SSSR count). The smallest absolute Gasteiger partial charge is 0.335 e. The van der Waals surface area contributed by atoms with Crippen LogP contribution >= 0.6 is 11.6 Å². The third-order valence-electron chi connectivity index (χ3n) is 8.76. The van der Waals surface area contributed by atoms with Crippen LogP contribution in [-0.4, -0.2) is 44.8 Å². The van der Waals surface area contributed by atoms with Gasteiger partial charge < -0.3 is 15.2 Å². The Morgan fingerprint density at radius 3 is 2.40 bits per heavy atom. The molecule has 3 heterocycles. The van der Waals surface area contributed by atoms with Gasteiger partial charge in [-0.3, -0.25) is 9.48 Å². The summed E-state index contributed by atoms with van der Waals surface area (Å²) in [5.41, 5.74) is 0.718. The predicted molar refractivity (Wildman–Crippen MR) is 160 cm³/mol. The number of pyridine rings is 1. The second-order valence-corrected chi connectivity index (χ2v) is 12.0.